The lowest BCUT2D eigenvalue weighted by Crippen LogP contribution is -2.39. The summed E-state index contributed by atoms with van der Waals surface area (Å²) in [6, 6.07) is 0. The summed E-state index contributed by atoms with van der Waals surface area (Å²) in [4.78, 5) is 11.6. The van der Waals surface area contributed by atoms with Gasteiger partial charge >= 0.3 is 0 Å². The van der Waals surface area contributed by atoms with Crippen LogP contribution in [0.3, 0.4) is 0 Å². The topological polar surface area (TPSA) is 37.3 Å². The average molecular weight is 270 g/mol. The number of allylic oxidation sites excluding steroid dienone is 5. The van der Waals surface area contributed by atoms with E-state index in [-0.39, 0.29) is 11.5 Å². The average Bonchev–Trinajstić information content (AvgIpc) is 2.74. The zero-order chi connectivity index (χ0) is 13.9. The first-order valence-electron chi connectivity index (χ1n) is 7.94. The molecule has 20 heavy (non-hydrogen) atoms. The van der Waals surface area contributed by atoms with Crippen molar-refractivity contribution in [3.63, 3.8) is 0 Å². The fourth-order valence-electron chi connectivity index (χ4n) is 4.99. The first-order chi connectivity index (χ1) is 9.59. The summed E-state index contributed by atoms with van der Waals surface area (Å²) >= 11 is 0. The van der Waals surface area contributed by atoms with Crippen molar-refractivity contribution in [3.05, 3.63) is 34.9 Å². The minimum absolute atomic E-state index is 0.0274. The van der Waals surface area contributed by atoms with Gasteiger partial charge in [0.05, 0.1) is 6.10 Å². The number of carbonyl (C=O) groups excluding carboxylic acids is 1. The summed E-state index contributed by atoms with van der Waals surface area (Å²) in [6.07, 6.45) is 12.1. The molecule has 4 rings (SSSR count). The summed E-state index contributed by atoms with van der Waals surface area (Å²) in [5.74, 6) is 1.48. The van der Waals surface area contributed by atoms with Gasteiger partial charge in [0, 0.05) is 11.8 Å². The van der Waals surface area contributed by atoms with Crippen molar-refractivity contribution in [1.29, 1.82) is 0 Å². The lowest BCUT2D eigenvalue weighted by atomic mass is 9.60. The Balaban J connectivity index is 1.82. The summed E-state index contributed by atoms with van der Waals surface area (Å²) in [6.45, 7) is 2.23. The van der Waals surface area contributed by atoms with Crippen molar-refractivity contribution in [3.8, 4) is 0 Å². The lowest BCUT2D eigenvalue weighted by Gasteiger charge is -2.44. The third kappa shape index (κ3) is 1.57. The van der Waals surface area contributed by atoms with Crippen molar-refractivity contribution >= 4 is 5.78 Å². The van der Waals surface area contributed by atoms with Crippen molar-refractivity contribution < 1.29 is 9.90 Å². The van der Waals surface area contributed by atoms with Gasteiger partial charge in [-0.05, 0) is 66.7 Å². The maximum absolute atomic E-state index is 11.6. The number of aliphatic hydroxyl groups is 1. The molecule has 0 saturated heterocycles. The Morgan fingerprint density at radius 1 is 1.20 bits per heavy atom. The highest BCUT2D eigenvalue weighted by Crippen LogP contribution is 2.57. The first kappa shape index (κ1) is 12.6. The van der Waals surface area contributed by atoms with Crippen LogP contribution in [0.1, 0.15) is 45.4 Å². The van der Waals surface area contributed by atoms with Crippen LogP contribution in [0.2, 0.25) is 0 Å². The Hall–Kier alpha value is -1.15. The van der Waals surface area contributed by atoms with Gasteiger partial charge in [-0.1, -0.05) is 19.1 Å². The molecular formula is C18H22O2. The number of rotatable bonds is 0. The van der Waals surface area contributed by atoms with Crippen molar-refractivity contribution in [2.24, 2.45) is 17.3 Å². The van der Waals surface area contributed by atoms with Crippen molar-refractivity contribution in [2.45, 2.75) is 51.6 Å². The summed E-state index contributed by atoms with van der Waals surface area (Å²) < 4.78 is 0. The fourth-order valence-corrected chi connectivity index (χ4v) is 4.99. The molecule has 0 bridgehead atoms. The van der Waals surface area contributed by atoms with Gasteiger partial charge in [-0.2, -0.15) is 0 Å². The number of hydrogen-bond acceptors (Lipinski definition) is 2. The summed E-state index contributed by atoms with van der Waals surface area (Å²) in [7, 11) is 0. The minimum Gasteiger partial charge on any atom is -0.392 e. The van der Waals surface area contributed by atoms with Gasteiger partial charge in [0.2, 0.25) is 0 Å². The third-order valence-electron chi connectivity index (χ3n) is 6.19. The standard InChI is InChI=1S/C18H22O2/c1-18-9-8-14-13-5-3-12(19)10-11(13)2-4-15(14)16(18)6-7-17(18)20/h8-10,15-17,20H,2-7H2,1H3/t15-,16?,17+,18+/m1/s1. The molecule has 1 fully saturated rings. The second kappa shape index (κ2) is 4.17. The van der Waals surface area contributed by atoms with Crippen LogP contribution in [0.25, 0.3) is 0 Å². The van der Waals surface area contributed by atoms with E-state index in [9.17, 15) is 9.90 Å². The lowest BCUT2D eigenvalue weighted by molar-refractivity contribution is -0.114. The molecular weight excluding hydrogens is 248 g/mol. The SMILES string of the molecule is C[C@]12C=CC3=C4CCC(=O)C=C4CC[C@H]3C1CC[C@@H]2O. The molecule has 4 aliphatic rings. The zero-order valence-electron chi connectivity index (χ0n) is 12.1. The van der Waals surface area contributed by atoms with Crippen LogP contribution in [-0.2, 0) is 4.79 Å². The zero-order valence-corrected chi connectivity index (χ0v) is 12.1. The van der Waals surface area contributed by atoms with Crippen LogP contribution >= 0.6 is 0 Å². The highest BCUT2D eigenvalue weighted by Gasteiger charge is 2.51. The largest absolute Gasteiger partial charge is 0.392 e. The molecule has 1 unspecified atom stereocenters. The Morgan fingerprint density at radius 3 is 2.90 bits per heavy atom. The van der Waals surface area contributed by atoms with Gasteiger partial charge in [-0.3, -0.25) is 4.79 Å². The molecule has 0 aromatic heterocycles. The maximum Gasteiger partial charge on any atom is 0.156 e. The van der Waals surface area contributed by atoms with Gasteiger partial charge in [-0.25, -0.2) is 0 Å². The van der Waals surface area contributed by atoms with E-state index in [0.29, 0.717) is 24.0 Å². The predicted molar refractivity (Wildman–Crippen MR) is 78.1 cm³/mol. The number of ketones is 1. The molecule has 1 N–H and O–H groups in total. The Morgan fingerprint density at radius 2 is 2.05 bits per heavy atom. The Bertz CT molecular complexity index is 566. The van der Waals surface area contributed by atoms with Crippen LogP contribution in [-0.4, -0.2) is 17.0 Å². The number of aliphatic hydroxyl groups excluding tert-OH is 1. The van der Waals surface area contributed by atoms with E-state index in [1.165, 1.54) is 16.7 Å². The number of carbonyl (C=O) groups is 1. The predicted octanol–water partition coefficient (Wildman–Crippen LogP) is 3.33. The van der Waals surface area contributed by atoms with E-state index in [2.05, 4.69) is 19.1 Å². The van der Waals surface area contributed by atoms with Crippen LogP contribution in [0.5, 0.6) is 0 Å². The molecule has 0 amide bonds. The maximum atomic E-state index is 11.6. The van der Waals surface area contributed by atoms with Crippen LogP contribution in [0.15, 0.2) is 34.9 Å². The van der Waals surface area contributed by atoms with Crippen LogP contribution < -0.4 is 0 Å². The molecule has 1 saturated carbocycles. The number of hydrogen-bond donors (Lipinski definition) is 1. The fraction of sp³-hybridized carbons (Fsp3) is 0.611. The van der Waals surface area contributed by atoms with E-state index in [4.69, 9.17) is 0 Å². The van der Waals surface area contributed by atoms with Gasteiger partial charge in [-0.15, -0.1) is 0 Å². The van der Waals surface area contributed by atoms with Crippen molar-refractivity contribution in [2.75, 3.05) is 0 Å². The van der Waals surface area contributed by atoms with Gasteiger partial charge < -0.3 is 5.11 Å². The number of fused-ring (bicyclic) bond motifs is 4. The molecule has 4 aliphatic carbocycles. The smallest absolute Gasteiger partial charge is 0.156 e. The molecule has 0 heterocycles. The molecule has 0 aromatic carbocycles. The van der Waals surface area contributed by atoms with E-state index in [0.717, 1.165) is 32.1 Å². The second-order valence-electron chi connectivity index (χ2n) is 7.11. The quantitative estimate of drug-likeness (QED) is 0.733. The molecule has 0 aromatic rings. The van der Waals surface area contributed by atoms with Crippen LogP contribution in [0.4, 0.5) is 0 Å². The minimum atomic E-state index is -0.180. The Kier molecular flexibility index (Phi) is 2.62. The highest BCUT2D eigenvalue weighted by atomic mass is 16.3. The molecule has 4 atom stereocenters. The summed E-state index contributed by atoms with van der Waals surface area (Å²) in [5, 5.41) is 10.3. The molecule has 2 heteroatoms. The first-order valence-corrected chi connectivity index (χ1v) is 7.94. The van der Waals surface area contributed by atoms with Crippen LogP contribution in [0, 0.1) is 17.3 Å². The van der Waals surface area contributed by atoms with E-state index >= 15 is 0 Å². The van der Waals surface area contributed by atoms with Crippen molar-refractivity contribution in [1.82, 2.24) is 0 Å². The third-order valence-corrected chi connectivity index (χ3v) is 6.19. The molecule has 0 radical (unpaired) electrons. The monoisotopic (exact) mass is 270 g/mol. The normalized spacial score (nSPS) is 43.0. The highest BCUT2D eigenvalue weighted by molar-refractivity contribution is 5.93. The van der Waals surface area contributed by atoms with Gasteiger partial charge in [0.1, 0.15) is 0 Å². The molecule has 0 spiro atoms. The second-order valence-corrected chi connectivity index (χ2v) is 7.11. The Labute approximate surface area is 120 Å². The molecule has 0 aliphatic heterocycles. The molecule has 106 valence electrons. The van der Waals surface area contributed by atoms with Gasteiger partial charge in [0.15, 0.2) is 5.78 Å². The van der Waals surface area contributed by atoms with E-state index < -0.39 is 0 Å². The molecule has 2 nitrogen and oxygen atoms in total. The van der Waals surface area contributed by atoms with Gasteiger partial charge in [0.25, 0.3) is 0 Å². The van der Waals surface area contributed by atoms with E-state index in [1.54, 1.807) is 0 Å². The summed E-state index contributed by atoms with van der Waals surface area (Å²) in [5.41, 5.74) is 4.19. The van der Waals surface area contributed by atoms with E-state index in [1.807, 2.05) is 6.08 Å².